The molecule has 248 valence electrons. The molecule has 3 rings (SSSR count). The summed E-state index contributed by atoms with van der Waals surface area (Å²) in [4.78, 5) is 0. The highest BCUT2D eigenvalue weighted by molar-refractivity contribution is 5.86. The van der Waals surface area contributed by atoms with Gasteiger partial charge in [0.25, 0.3) is 0 Å². The van der Waals surface area contributed by atoms with Crippen LogP contribution in [0.25, 0.3) is 0 Å². The standard InChI is InChI=1S/C38H57N3.3ClH/c1-5-19-35(20-6-1)25-12-16-30-39-29-15-4-11-28-38(33-40-31-17-13-26-36-21-7-2-8-22-36)34-41-32-18-14-27-37-23-9-3-10-24-37;;;/h1-3,5-10,19-24,38-41H,4,11-18,25-34H2;3*1H. The summed E-state index contributed by atoms with van der Waals surface area (Å²) in [5, 5.41) is 11.2. The number of hydrogen-bond donors (Lipinski definition) is 3. The Morgan fingerprint density at radius 1 is 0.364 bits per heavy atom. The second-order valence-electron chi connectivity index (χ2n) is 11.7. The lowest BCUT2D eigenvalue weighted by Crippen LogP contribution is -2.32. The molecule has 0 aromatic heterocycles. The smallest absolute Gasteiger partial charge is 0.000838 e. The Hall–Kier alpha value is -1.59. The summed E-state index contributed by atoms with van der Waals surface area (Å²) in [7, 11) is 0. The van der Waals surface area contributed by atoms with Crippen molar-refractivity contribution in [1.29, 1.82) is 0 Å². The summed E-state index contributed by atoms with van der Waals surface area (Å²) in [6.45, 7) is 6.86. The summed E-state index contributed by atoms with van der Waals surface area (Å²) in [5.74, 6) is 0.726. The van der Waals surface area contributed by atoms with Gasteiger partial charge in [0.1, 0.15) is 0 Å². The highest BCUT2D eigenvalue weighted by Crippen LogP contribution is 2.10. The molecule has 0 aliphatic rings. The van der Waals surface area contributed by atoms with Gasteiger partial charge in [0, 0.05) is 0 Å². The van der Waals surface area contributed by atoms with E-state index in [9.17, 15) is 0 Å². The van der Waals surface area contributed by atoms with Crippen LogP contribution in [0.4, 0.5) is 0 Å². The van der Waals surface area contributed by atoms with Gasteiger partial charge in [-0.3, -0.25) is 0 Å². The van der Waals surface area contributed by atoms with Crippen LogP contribution < -0.4 is 16.0 Å². The van der Waals surface area contributed by atoms with Gasteiger partial charge in [-0.2, -0.15) is 0 Å². The Labute approximate surface area is 288 Å². The first-order valence-electron chi connectivity index (χ1n) is 16.6. The van der Waals surface area contributed by atoms with Crippen molar-refractivity contribution in [1.82, 2.24) is 16.0 Å². The molecule has 0 unspecified atom stereocenters. The minimum absolute atomic E-state index is 0. The molecule has 0 amide bonds. The molecule has 0 radical (unpaired) electrons. The molecule has 0 heterocycles. The van der Waals surface area contributed by atoms with Crippen LogP contribution in [-0.4, -0.2) is 39.3 Å². The Balaban J connectivity index is 0.00000616. The maximum Gasteiger partial charge on any atom is -0.000838 e. The normalized spacial score (nSPS) is 10.6. The zero-order valence-corrected chi connectivity index (χ0v) is 29.3. The van der Waals surface area contributed by atoms with E-state index in [1.165, 1.54) is 100 Å². The molecule has 0 atom stereocenters. The van der Waals surface area contributed by atoms with E-state index >= 15 is 0 Å². The van der Waals surface area contributed by atoms with Crippen LogP contribution in [0.3, 0.4) is 0 Å². The molecular weight excluding hydrogens is 605 g/mol. The highest BCUT2D eigenvalue weighted by Gasteiger charge is 2.08. The van der Waals surface area contributed by atoms with Gasteiger partial charge in [0.15, 0.2) is 0 Å². The van der Waals surface area contributed by atoms with Crippen LogP contribution in [0.5, 0.6) is 0 Å². The SMILES string of the molecule is Cl.Cl.Cl.c1ccc(CCCCNCCCCCC(CNCCCCc2ccccc2)CNCCCCc2ccccc2)cc1. The third kappa shape index (κ3) is 22.0. The number of halogens is 3. The van der Waals surface area contributed by atoms with Crippen molar-refractivity contribution in [3.05, 3.63) is 108 Å². The molecule has 3 nitrogen and oxygen atoms in total. The number of aryl methyl sites for hydroxylation is 3. The van der Waals surface area contributed by atoms with Crippen molar-refractivity contribution < 1.29 is 0 Å². The second-order valence-corrected chi connectivity index (χ2v) is 11.7. The summed E-state index contributed by atoms with van der Waals surface area (Å²) >= 11 is 0. The van der Waals surface area contributed by atoms with Crippen molar-refractivity contribution in [3.8, 4) is 0 Å². The van der Waals surface area contributed by atoms with Crippen molar-refractivity contribution >= 4 is 37.2 Å². The van der Waals surface area contributed by atoms with Crippen LogP contribution in [0.2, 0.25) is 0 Å². The maximum atomic E-state index is 3.79. The van der Waals surface area contributed by atoms with Crippen LogP contribution in [0.15, 0.2) is 91.0 Å². The van der Waals surface area contributed by atoms with E-state index in [-0.39, 0.29) is 37.2 Å². The molecular formula is C38H60Cl3N3. The molecule has 0 bridgehead atoms. The molecule has 44 heavy (non-hydrogen) atoms. The van der Waals surface area contributed by atoms with E-state index in [2.05, 4.69) is 107 Å². The molecule has 0 fully saturated rings. The van der Waals surface area contributed by atoms with Crippen molar-refractivity contribution in [3.63, 3.8) is 0 Å². The van der Waals surface area contributed by atoms with E-state index in [4.69, 9.17) is 0 Å². The van der Waals surface area contributed by atoms with E-state index in [1.807, 2.05) is 0 Å². The monoisotopic (exact) mass is 663 g/mol. The average Bonchev–Trinajstić information content (AvgIpc) is 3.02. The Morgan fingerprint density at radius 2 is 0.705 bits per heavy atom. The van der Waals surface area contributed by atoms with E-state index in [0.29, 0.717) is 0 Å². The first-order valence-corrected chi connectivity index (χ1v) is 16.6. The number of unbranched alkanes of at least 4 members (excludes halogenated alkanes) is 5. The summed E-state index contributed by atoms with van der Waals surface area (Å²) < 4.78 is 0. The third-order valence-corrected chi connectivity index (χ3v) is 8.07. The molecule has 3 aromatic rings. The van der Waals surface area contributed by atoms with Crippen LogP contribution in [0.1, 0.15) is 80.9 Å². The summed E-state index contributed by atoms with van der Waals surface area (Å²) in [5.41, 5.74) is 4.39. The van der Waals surface area contributed by atoms with Crippen molar-refractivity contribution in [2.45, 2.75) is 83.5 Å². The fraction of sp³-hybridized carbons (Fsp3) is 0.526. The Bertz CT molecular complexity index is 925. The predicted molar refractivity (Wildman–Crippen MR) is 200 cm³/mol. The Kier molecular flexibility index (Phi) is 29.0. The molecule has 6 heteroatoms. The highest BCUT2D eigenvalue weighted by atomic mass is 35.5. The minimum Gasteiger partial charge on any atom is -0.317 e. The number of hydrogen-bond acceptors (Lipinski definition) is 3. The molecule has 0 saturated heterocycles. The number of nitrogens with one attached hydrogen (secondary N) is 3. The van der Waals surface area contributed by atoms with Gasteiger partial charge in [-0.1, -0.05) is 104 Å². The Morgan fingerprint density at radius 3 is 1.09 bits per heavy atom. The first kappa shape index (κ1) is 42.4. The van der Waals surface area contributed by atoms with Crippen molar-refractivity contribution in [2.24, 2.45) is 5.92 Å². The fourth-order valence-electron chi connectivity index (χ4n) is 5.54. The molecule has 3 N–H and O–H groups in total. The number of benzene rings is 3. The van der Waals surface area contributed by atoms with Gasteiger partial charge in [0.2, 0.25) is 0 Å². The van der Waals surface area contributed by atoms with Gasteiger partial charge in [-0.25, -0.2) is 0 Å². The number of rotatable bonds is 25. The van der Waals surface area contributed by atoms with Crippen molar-refractivity contribution in [2.75, 3.05) is 39.3 Å². The maximum absolute atomic E-state index is 3.79. The summed E-state index contributed by atoms with van der Waals surface area (Å²) in [6, 6.07) is 32.7. The summed E-state index contributed by atoms with van der Waals surface area (Å²) in [6.07, 6.45) is 16.5. The zero-order valence-electron chi connectivity index (χ0n) is 26.9. The molecule has 3 aromatic carbocycles. The van der Waals surface area contributed by atoms with E-state index < -0.39 is 0 Å². The largest absolute Gasteiger partial charge is 0.317 e. The lowest BCUT2D eigenvalue weighted by Gasteiger charge is -2.19. The minimum atomic E-state index is 0. The van der Waals surface area contributed by atoms with Gasteiger partial charge in [0.05, 0.1) is 0 Å². The van der Waals surface area contributed by atoms with Crippen LogP contribution in [-0.2, 0) is 19.3 Å². The van der Waals surface area contributed by atoms with Gasteiger partial charge < -0.3 is 16.0 Å². The fourth-order valence-corrected chi connectivity index (χ4v) is 5.54. The lowest BCUT2D eigenvalue weighted by molar-refractivity contribution is 0.395. The molecule has 0 aliphatic carbocycles. The molecule has 0 spiro atoms. The lowest BCUT2D eigenvalue weighted by atomic mass is 10.0. The third-order valence-electron chi connectivity index (χ3n) is 8.07. The van der Waals surface area contributed by atoms with Crippen LogP contribution in [0, 0.1) is 5.92 Å². The quantitative estimate of drug-likeness (QED) is 0.0791. The topological polar surface area (TPSA) is 36.1 Å². The van der Waals surface area contributed by atoms with Gasteiger partial charge >= 0.3 is 0 Å². The second kappa shape index (κ2) is 30.1. The first-order chi connectivity index (χ1) is 20.4. The van der Waals surface area contributed by atoms with Gasteiger partial charge in [-0.05, 0) is 133 Å². The van der Waals surface area contributed by atoms with E-state index in [0.717, 1.165) is 45.2 Å². The predicted octanol–water partition coefficient (Wildman–Crippen LogP) is 9.27. The zero-order chi connectivity index (χ0) is 28.5. The molecule has 0 saturated carbocycles. The molecule has 0 aliphatic heterocycles. The average molecular weight is 665 g/mol. The van der Waals surface area contributed by atoms with Gasteiger partial charge in [-0.15, -0.1) is 37.2 Å². The van der Waals surface area contributed by atoms with Crippen LogP contribution >= 0.6 is 37.2 Å². The van der Waals surface area contributed by atoms with E-state index in [1.54, 1.807) is 0 Å².